The molecule has 6 heteroatoms. The van der Waals surface area contributed by atoms with Crippen LogP contribution in [0.25, 0.3) is 10.9 Å². The number of piperidine rings is 1. The van der Waals surface area contributed by atoms with Crippen molar-refractivity contribution < 1.29 is 4.79 Å². The van der Waals surface area contributed by atoms with Crippen molar-refractivity contribution in [3.8, 4) is 0 Å². The van der Waals surface area contributed by atoms with Gasteiger partial charge >= 0.3 is 0 Å². The fourth-order valence-electron chi connectivity index (χ4n) is 3.45. The second kappa shape index (κ2) is 6.47. The number of hydrogen-bond acceptors (Lipinski definition) is 3. The zero-order valence-electron chi connectivity index (χ0n) is 13.6. The van der Waals surface area contributed by atoms with Crippen molar-refractivity contribution in [1.82, 2.24) is 24.9 Å². The molecule has 0 aliphatic carbocycles. The summed E-state index contributed by atoms with van der Waals surface area (Å²) in [7, 11) is 0. The standard InChI is InChI=1S/C18H21N5O/c24-18(17-15-4-1-2-5-16(15)20-21-17)22-11-6-14(7-12-22)8-13-23-10-3-9-19-23/h1-5,9-10,14H,6-8,11-13H2,(H,20,21). The number of para-hydroxylation sites is 1. The summed E-state index contributed by atoms with van der Waals surface area (Å²) in [6.45, 7) is 2.57. The van der Waals surface area contributed by atoms with Gasteiger partial charge in [-0.1, -0.05) is 18.2 Å². The van der Waals surface area contributed by atoms with Gasteiger partial charge < -0.3 is 4.90 Å². The molecule has 24 heavy (non-hydrogen) atoms. The molecule has 1 aliphatic heterocycles. The molecule has 0 saturated carbocycles. The summed E-state index contributed by atoms with van der Waals surface area (Å²) in [5.74, 6) is 0.701. The number of amides is 1. The smallest absolute Gasteiger partial charge is 0.274 e. The Kier molecular flexibility index (Phi) is 4.02. The van der Waals surface area contributed by atoms with E-state index in [2.05, 4.69) is 15.3 Å². The minimum Gasteiger partial charge on any atom is -0.337 e. The van der Waals surface area contributed by atoms with Gasteiger partial charge in [-0.2, -0.15) is 10.2 Å². The van der Waals surface area contributed by atoms with Crippen LogP contribution in [0.2, 0.25) is 0 Å². The van der Waals surface area contributed by atoms with E-state index in [0.717, 1.165) is 49.8 Å². The van der Waals surface area contributed by atoms with Crippen molar-refractivity contribution in [1.29, 1.82) is 0 Å². The number of likely N-dealkylation sites (tertiary alicyclic amines) is 1. The molecule has 1 amide bonds. The Morgan fingerprint density at radius 1 is 1.21 bits per heavy atom. The molecule has 124 valence electrons. The van der Waals surface area contributed by atoms with Gasteiger partial charge in [0, 0.05) is 37.4 Å². The molecular formula is C18H21N5O. The monoisotopic (exact) mass is 323 g/mol. The molecule has 1 aliphatic rings. The molecule has 0 unspecified atom stereocenters. The van der Waals surface area contributed by atoms with Gasteiger partial charge in [0.05, 0.1) is 5.52 Å². The van der Waals surface area contributed by atoms with Crippen molar-refractivity contribution in [3.63, 3.8) is 0 Å². The summed E-state index contributed by atoms with van der Waals surface area (Å²) in [6.07, 6.45) is 7.04. The van der Waals surface area contributed by atoms with E-state index in [-0.39, 0.29) is 5.91 Å². The van der Waals surface area contributed by atoms with Gasteiger partial charge in [0.15, 0.2) is 5.69 Å². The van der Waals surface area contributed by atoms with Crippen LogP contribution in [-0.2, 0) is 6.54 Å². The second-order valence-electron chi connectivity index (χ2n) is 6.41. The molecule has 3 heterocycles. The van der Waals surface area contributed by atoms with Crippen molar-refractivity contribution in [2.75, 3.05) is 13.1 Å². The van der Waals surface area contributed by atoms with Gasteiger partial charge in [-0.25, -0.2) is 0 Å². The second-order valence-corrected chi connectivity index (χ2v) is 6.41. The van der Waals surface area contributed by atoms with Crippen LogP contribution in [0, 0.1) is 5.92 Å². The molecule has 1 fully saturated rings. The first-order chi connectivity index (χ1) is 11.8. The van der Waals surface area contributed by atoms with Crippen LogP contribution < -0.4 is 0 Å². The Morgan fingerprint density at radius 3 is 2.83 bits per heavy atom. The van der Waals surface area contributed by atoms with Crippen LogP contribution in [0.3, 0.4) is 0 Å². The van der Waals surface area contributed by atoms with Gasteiger partial charge in [0.25, 0.3) is 5.91 Å². The van der Waals surface area contributed by atoms with Gasteiger partial charge in [-0.15, -0.1) is 0 Å². The molecule has 1 N–H and O–H groups in total. The van der Waals surface area contributed by atoms with E-state index in [1.165, 1.54) is 0 Å². The van der Waals surface area contributed by atoms with Gasteiger partial charge in [-0.3, -0.25) is 14.6 Å². The molecule has 0 atom stereocenters. The van der Waals surface area contributed by atoms with E-state index in [4.69, 9.17) is 0 Å². The number of carbonyl (C=O) groups excluding carboxylic acids is 1. The summed E-state index contributed by atoms with van der Waals surface area (Å²) in [5, 5.41) is 12.3. The van der Waals surface area contributed by atoms with Gasteiger partial charge in [0.1, 0.15) is 0 Å². The van der Waals surface area contributed by atoms with Crippen LogP contribution in [0.15, 0.2) is 42.7 Å². The third-order valence-corrected chi connectivity index (χ3v) is 4.90. The predicted octanol–water partition coefficient (Wildman–Crippen LogP) is 2.70. The highest BCUT2D eigenvalue weighted by molar-refractivity contribution is 6.04. The van der Waals surface area contributed by atoms with Crippen LogP contribution in [0.4, 0.5) is 0 Å². The van der Waals surface area contributed by atoms with Crippen molar-refractivity contribution >= 4 is 16.8 Å². The Bertz CT molecular complexity index is 815. The largest absolute Gasteiger partial charge is 0.337 e. The fraction of sp³-hybridized carbons (Fsp3) is 0.389. The molecule has 0 bridgehead atoms. The van der Waals surface area contributed by atoms with Crippen LogP contribution >= 0.6 is 0 Å². The Morgan fingerprint density at radius 2 is 2.04 bits per heavy atom. The first kappa shape index (κ1) is 14.9. The summed E-state index contributed by atoms with van der Waals surface area (Å²) < 4.78 is 1.98. The Balaban J connectivity index is 1.36. The number of benzene rings is 1. The molecule has 0 spiro atoms. The Labute approximate surface area is 140 Å². The number of nitrogens with one attached hydrogen (secondary N) is 1. The normalized spacial score (nSPS) is 15.9. The highest BCUT2D eigenvalue weighted by atomic mass is 16.2. The van der Waals surface area contributed by atoms with E-state index >= 15 is 0 Å². The summed E-state index contributed by atoms with van der Waals surface area (Å²) in [6, 6.07) is 9.73. The summed E-state index contributed by atoms with van der Waals surface area (Å²) in [5.41, 5.74) is 1.45. The quantitative estimate of drug-likeness (QED) is 0.803. The number of nitrogens with zero attached hydrogens (tertiary/aromatic N) is 4. The fourth-order valence-corrected chi connectivity index (χ4v) is 3.45. The molecule has 0 radical (unpaired) electrons. The molecule has 6 nitrogen and oxygen atoms in total. The first-order valence-electron chi connectivity index (χ1n) is 8.51. The molecule has 1 aromatic carbocycles. The van der Waals surface area contributed by atoms with E-state index in [1.54, 1.807) is 0 Å². The zero-order chi connectivity index (χ0) is 16.4. The number of H-pyrrole nitrogens is 1. The van der Waals surface area contributed by atoms with Crippen molar-refractivity contribution in [2.24, 2.45) is 5.92 Å². The minimum absolute atomic E-state index is 0.0398. The lowest BCUT2D eigenvalue weighted by Gasteiger charge is -2.31. The molecule has 3 aromatic rings. The van der Waals surface area contributed by atoms with Crippen LogP contribution in [0.1, 0.15) is 29.8 Å². The number of aromatic nitrogens is 4. The lowest BCUT2D eigenvalue weighted by molar-refractivity contribution is 0.0680. The highest BCUT2D eigenvalue weighted by Crippen LogP contribution is 2.24. The molecular weight excluding hydrogens is 302 g/mol. The van der Waals surface area contributed by atoms with E-state index in [0.29, 0.717) is 11.6 Å². The number of carbonyl (C=O) groups is 1. The summed E-state index contributed by atoms with van der Waals surface area (Å²) >= 11 is 0. The van der Waals surface area contributed by atoms with Crippen LogP contribution in [0.5, 0.6) is 0 Å². The first-order valence-corrected chi connectivity index (χ1v) is 8.51. The van der Waals surface area contributed by atoms with E-state index in [9.17, 15) is 4.79 Å². The van der Waals surface area contributed by atoms with Crippen molar-refractivity contribution in [2.45, 2.75) is 25.8 Å². The average molecular weight is 323 g/mol. The number of rotatable bonds is 4. The molecule has 1 saturated heterocycles. The zero-order valence-corrected chi connectivity index (χ0v) is 13.6. The summed E-state index contributed by atoms with van der Waals surface area (Å²) in [4.78, 5) is 14.7. The number of aryl methyl sites for hydroxylation is 1. The minimum atomic E-state index is 0.0398. The molecule has 4 rings (SSSR count). The lowest BCUT2D eigenvalue weighted by Crippen LogP contribution is -2.39. The maximum Gasteiger partial charge on any atom is 0.274 e. The topological polar surface area (TPSA) is 66.8 Å². The van der Waals surface area contributed by atoms with Crippen LogP contribution in [-0.4, -0.2) is 43.9 Å². The average Bonchev–Trinajstić information content (AvgIpc) is 3.29. The third-order valence-electron chi connectivity index (χ3n) is 4.90. The predicted molar refractivity (Wildman–Crippen MR) is 91.6 cm³/mol. The van der Waals surface area contributed by atoms with E-state index < -0.39 is 0 Å². The number of hydrogen-bond donors (Lipinski definition) is 1. The SMILES string of the molecule is O=C(c1n[nH]c2ccccc12)N1CCC(CCn2cccn2)CC1. The lowest BCUT2D eigenvalue weighted by atomic mass is 9.93. The molecule has 2 aromatic heterocycles. The maximum atomic E-state index is 12.8. The Hall–Kier alpha value is -2.63. The van der Waals surface area contributed by atoms with Crippen molar-refractivity contribution in [3.05, 3.63) is 48.4 Å². The van der Waals surface area contributed by atoms with Gasteiger partial charge in [-0.05, 0) is 37.3 Å². The van der Waals surface area contributed by atoms with E-state index in [1.807, 2.05) is 52.3 Å². The third kappa shape index (κ3) is 2.91. The number of aromatic amines is 1. The van der Waals surface area contributed by atoms with Gasteiger partial charge in [0.2, 0.25) is 0 Å². The highest BCUT2D eigenvalue weighted by Gasteiger charge is 2.26. The maximum absolute atomic E-state index is 12.8. The number of fused-ring (bicyclic) bond motifs is 1.